The second-order valence-electron chi connectivity index (χ2n) is 4.82. The number of hydrogen-bond donors (Lipinski definition) is 2. The molecule has 0 spiro atoms. The number of rotatable bonds is 5. The van der Waals surface area contributed by atoms with Gasteiger partial charge in [-0.25, -0.2) is 0 Å². The number of carbonyl (C=O) groups excluding carboxylic acids is 1. The fourth-order valence-electron chi connectivity index (χ4n) is 2.36. The Balaban J connectivity index is 1.72. The molecule has 1 aromatic heterocycles. The molecule has 0 aromatic carbocycles. The molecule has 0 bridgehead atoms. The van der Waals surface area contributed by atoms with Crippen LogP contribution in [0.25, 0.3) is 0 Å². The number of carbonyl (C=O) groups is 2. The second kappa shape index (κ2) is 6.39. The predicted octanol–water partition coefficient (Wildman–Crippen LogP) is 2.70. The molecule has 0 aliphatic heterocycles. The summed E-state index contributed by atoms with van der Waals surface area (Å²) in [6, 6.07) is 3.77. The van der Waals surface area contributed by atoms with Crippen LogP contribution in [0.15, 0.2) is 12.1 Å². The summed E-state index contributed by atoms with van der Waals surface area (Å²) in [4.78, 5) is 23.7. The number of hydrogen-bond acceptors (Lipinski definition) is 3. The zero-order valence-electron chi connectivity index (χ0n) is 10.4. The molecule has 2 rings (SSSR count). The van der Waals surface area contributed by atoms with Gasteiger partial charge in [0.15, 0.2) is 0 Å². The highest BCUT2D eigenvalue weighted by atomic mass is 35.5. The Kier molecular flexibility index (Phi) is 4.82. The molecule has 1 aromatic rings. The molecule has 104 valence electrons. The number of carboxylic acids is 1. The molecule has 0 saturated heterocycles. The van der Waals surface area contributed by atoms with E-state index < -0.39 is 5.97 Å². The molecule has 2 atom stereocenters. The fourth-order valence-corrected chi connectivity index (χ4v) is 3.45. The molecule has 6 heteroatoms. The van der Waals surface area contributed by atoms with Crippen molar-refractivity contribution in [2.75, 3.05) is 0 Å². The molecular weight excluding hydrogens is 286 g/mol. The number of carboxylic acid groups (broad SMARTS) is 1. The summed E-state index contributed by atoms with van der Waals surface area (Å²) < 4.78 is 0.732. The monoisotopic (exact) mass is 301 g/mol. The summed E-state index contributed by atoms with van der Waals surface area (Å²) in [5, 5.41) is 11.8. The first-order valence-corrected chi connectivity index (χ1v) is 7.50. The maximum absolute atomic E-state index is 11.8. The van der Waals surface area contributed by atoms with Crippen LogP contribution in [0.3, 0.4) is 0 Å². The molecule has 1 heterocycles. The van der Waals surface area contributed by atoms with E-state index in [1.807, 2.05) is 12.1 Å². The van der Waals surface area contributed by atoms with Crippen LogP contribution in [0.4, 0.5) is 0 Å². The van der Waals surface area contributed by atoms with Gasteiger partial charge in [-0.2, -0.15) is 0 Å². The number of aliphatic carboxylic acids is 1. The molecule has 1 amide bonds. The first kappa shape index (κ1) is 14.3. The molecular formula is C13H16ClNO3S. The van der Waals surface area contributed by atoms with Gasteiger partial charge in [-0.3, -0.25) is 9.59 Å². The van der Waals surface area contributed by atoms with E-state index in [1.54, 1.807) is 0 Å². The van der Waals surface area contributed by atoms with E-state index in [1.165, 1.54) is 11.3 Å². The van der Waals surface area contributed by atoms with Crippen molar-refractivity contribution in [3.05, 3.63) is 21.3 Å². The lowest BCUT2D eigenvalue weighted by Gasteiger charge is -2.12. The quantitative estimate of drug-likeness (QED) is 0.879. The molecule has 0 unspecified atom stereocenters. The summed E-state index contributed by atoms with van der Waals surface area (Å²) in [5.74, 6) is -1.08. The maximum atomic E-state index is 11.8. The number of aryl methyl sites for hydroxylation is 1. The van der Waals surface area contributed by atoms with E-state index in [2.05, 4.69) is 5.32 Å². The van der Waals surface area contributed by atoms with Crippen molar-refractivity contribution >= 4 is 34.8 Å². The summed E-state index contributed by atoms with van der Waals surface area (Å²) in [5.41, 5.74) is 0. The van der Waals surface area contributed by atoms with Crippen LogP contribution in [0, 0.1) is 5.92 Å². The first-order chi connectivity index (χ1) is 9.04. The average molecular weight is 302 g/mol. The Hall–Kier alpha value is -1.07. The fraction of sp³-hybridized carbons (Fsp3) is 0.538. The highest BCUT2D eigenvalue weighted by Crippen LogP contribution is 2.26. The lowest BCUT2D eigenvalue weighted by atomic mass is 10.1. The molecule has 1 aliphatic carbocycles. The van der Waals surface area contributed by atoms with Crippen LogP contribution in [0.2, 0.25) is 4.34 Å². The average Bonchev–Trinajstić information content (AvgIpc) is 2.96. The van der Waals surface area contributed by atoms with Gasteiger partial charge in [-0.15, -0.1) is 11.3 Å². The lowest BCUT2D eigenvalue weighted by Crippen LogP contribution is -2.33. The first-order valence-electron chi connectivity index (χ1n) is 6.31. The topological polar surface area (TPSA) is 66.4 Å². The van der Waals surface area contributed by atoms with Crippen LogP contribution in [0.5, 0.6) is 0 Å². The van der Waals surface area contributed by atoms with Gasteiger partial charge in [0.2, 0.25) is 5.91 Å². The van der Waals surface area contributed by atoms with Crippen molar-refractivity contribution in [1.29, 1.82) is 0 Å². The van der Waals surface area contributed by atoms with E-state index in [9.17, 15) is 9.59 Å². The number of amides is 1. The number of nitrogens with one attached hydrogen (secondary N) is 1. The normalized spacial score (nSPS) is 22.4. The summed E-state index contributed by atoms with van der Waals surface area (Å²) in [6.07, 6.45) is 3.06. The van der Waals surface area contributed by atoms with Gasteiger partial charge in [0.25, 0.3) is 0 Å². The van der Waals surface area contributed by atoms with E-state index in [0.717, 1.165) is 15.6 Å². The van der Waals surface area contributed by atoms with Crippen molar-refractivity contribution in [2.45, 2.75) is 38.1 Å². The number of halogens is 1. The van der Waals surface area contributed by atoms with E-state index in [4.69, 9.17) is 16.7 Å². The van der Waals surface area contributed by atoms with Gasteiger partial charge in [0, 0.05) is 17.3 Å². The second-order valence-corrected chi connectivity index (χ2v) is 6.62. The van der Waals surface area contributed by atoms with Crippen molar-refractivity contribution in [3.8, 4) is 0 Å². The minimum absolute atomic E-state index is 0.0134. The third-order valence-corrected chi connectivity index (χ3v) is 4.67. The van der Waals surface area contributed by atoms with Crippen LogP contribution in [-0.2, 0) is 16.0 Å². The van der Waals surface area contributed by atoms with Crippen molar-refractivity contribution < 1.29 is 14.7 Å². The molecule has 1 aliphatic rings. The SMILES string of the molecule is O=C(CCc1ccc(Cl)s1)N[C@H]1CC[C@@H](C(=O)O)C1. The van der Waals surface area contributed by atoms with Crippen molar-refractivity contribution in [1.82, 2.24) is 5.32 Å². The van der Waals surface area contributed by atoms with Crippen LogP contribution in [-0.4, -0.2) is 23.0 Å². The lowest BCUT2D eigenvalue weighted by molar-refractivity contribution is -0.141. The van der Waals surface area contributed by atoms with E-state index >= 15 is 0 Å². The molecule has 1 fully saturated rings. The van der Waals surface area contributed by atoms with E-state index in [0.29, 0.717) is 25.7 Å². The van der Waals surface area contributed by atoms with E-state index in [-0.39, 0.29) is 17.9 Å². The van der Waals surface area contributed by atoms with Crippen molar-refractivity contribution in [2.24, 2.45) is 5.92 Å². The largest absolute Gasteiger partial charge is 0.481 e. The summed E-state index contributed by atoms with van der Waals surface area (Å²) in [6.45, 7) is 0. The highest BCUT2D eigenvalue weighted by molar-refractivity contribution is 7.16. The zero-order chi connectivity index (χ0) is 13.8. The van der Waals surface area contributed by atoms with Gasteiger partial charge < -0.3 is 10.4 Å². The highest BCUT2D eigenvalue weighted by Gasteiger charge is 2.30. The Labute approximate surface area is 120 Å². The Morgan fingerprint density at radius 2 is 2.21 bits per heavy atom. The van der Waals surface area contributed by atoms with Gasteiger partial charge in [-0.1, -0.05) is 11.6 Å². The molecule has 0 radical (unpaired) electrons. The third kappa shape index (κ3) is 4.21. The van der Waals surface area contributed by atoms with Gasteiger partial charge in [0.1, 0.15) is 0 Å². The Bertz CT molecular complexity index is 474. The maximum Gasteiger partial charge on any atom is 0.306 e. The van der Waals surface area contributed by atoms with Crippen LogP contribution < -0.4 is 5.32 Å². The van der Waals surface area contributed by atoms with Gasteiger partial charge >= 0.3 is 5.97 Å². The minimum Gasteiger partial charge on any atom is -0.481 e. The van der Waals surface area contributed by atoms with Crippen LogP contribution in [0.1, 0.15) is 30.6 Å². The minimum atomic E-state index is -0.759. The summed E-state index contributed by atoms with van der Waals surface area (Å²) >= 11 is 7.31. The third-order valence-electron chi connectivity index (χ3n) is 3.37. The predicted molar refractivity (Wildman–Crippen MR) is 74.6 cm³/mol. The number of thiophene rings is 1. The smallest absolute Gasteiger partial charge is 0.306 e. The molecule has 19 heavy (non-hydrogen) atoms. The molecule has 4 nitrogen and oxygen atoms in total. The Morgan fingerprint density at radius 3 is 2.79 bits per heavy atom. The van der Waals surface area contributed by atoms with Gasteiger partial charge in [-0.05, 0) is 37.8 Å². The Morgan fingerprint density at radius 1 is 1.42 bits per heavy atom. The molecule has 1 saturated carbocycles. The standard InChI is InChI=1S/C13H16ClNO3S/c14-11-5-3-10(19-11)4-6-12(16)15-9-2-1-8(7-9)13(17)18/h3,5,8-9H,1-2,4,6-7H2,(H,15,16)(H,17,18)/t8-,9+/m1/s1. The summed E-state index contributed by atoms with van der Waals surface area (Å²) in [7, 11) is 0. The molecule has 2 N–H and O–H groups in total. The zero-order valence-corrected chi connectivity index (χ0v) is 12.0. The van der Waals surface area contributed by atoms with Gasteiger partial charge in [0.05, 0.1) is 10.3 Å². The van der Waals surface area contributed by atoms with Crippen LogP contribution >= 0.6 is 22.9 Å². The van der Waals surface area contributed by atoms with Crippen molar-refractivity contribution in [3.63, 3.8) is 0 Å².